The molecule has 1 aromatic carbocycles. The molecule has 0 fully saturated rings. The molecular formula is C23H29NO4S. The molecule has 5 nitrogen and oxygen atoms in total. The summed E-state index contributed by atoms with van der Waals surface area (Å²) in [5.41, 5.74) is 4.00. The zero-order chi connectivity index (χ0) is 21.1. The molecule has 1 amide bonds. The first-order chi connectivity index (χ1) is 13.9. The number of ether oxygens (including phenoxy) is 2. The van der Waals surface area contributed by atoms with Gasteiger partial charge in [0.05, 0.1) is 19.3 Å². The predicted molar refractivity (Wildman–Crippen MR) is 117 cm³/mol. The smallest absolute Gasteiger partial charge is 0.341 e. The number of nitrogens with one attached hydrogen (secondary N) is 1. The van der Waals surface area contributed by atoms with E-state index >= 15 is 0 Å². The molecule has 29 heavy (non-hydrogen) atoms. The third-order valence-corrected chi connectivity index (χ3v) is 6.53. The zero-order valence-electron chi connectivity index (χ0n) is 17.8. The van der Waals surface area contributed by atoms with Gasteiger partial charge in [-0.25, -0.2) is 4.79 Å². The molecule has 0 saturated carbocycles. The van der Waals surface area contributed by atoms with Gasteiger partial charge in [0, 0.05) is 10.4 Å². The highest BCUT2D eigenvalue weighted by Gasteiger charge is 2.28. The number of rotatable bonds is 6. The molecule has 0 saturated heterocycles. The average molecular weight is 416 g/mol. The van der Waals surface area contributed by atoms with E-state index in [1.807, 2.05) is 19.1 Å². The number of esters is 1. The van der Waals surface area contributed by atoms with Gasteiger partial charge in [-0.05, 0) is 74.3 Å². The van der Waals surface area contributed by atoms with Gasteiger partial charge in [-0.2, -0.15) is 0 Å². The fraction of sp³-hybridized carbons (Fsp3) is 0.478. The first-order valence-corrected chi connectivity index (χ1v) is 11.0. The van der Waals surface area contributed by atoms with Crippen LogP contribution in [0.3, 0.4) is 0 Å². The van der Waals surface area contributed by atoms with Crippen LogP contribution < -0.4 is 10.1 Å². The van der Waals surface area contributed by atoms with Crippen LogP contribution in [-0.2, 0) is 17.6 Å². The second-order valence-corrected chi connectivity index (χ2v) is 8.76. The number of methoxy groups -OCH3 is 1. The van der Waals surface area contributed by atoms with Crippen LogP contribution >= 0.6 is 11.3 Å². The minimum Gasteiger partial charge on any atom is -0.496 e. The van der Waals surface area contributed by atoms with E-state index in [0.717, 1.165) is 48.1 Å². The molecule has 1 N–H and O–H groups in total. The molecule has 0 unspecified atom stereocenters. The Balaban J connectivity index is 1.98. The van der Waals surface area contributed by atoms with Crippen molar-refractivity contribution in [3.8, 4) is 5.75 Å². The van der Waals surface area contributed by atoms with Crippen molar-refractivity contribution < 1.29 is 19.1 Å². The second-order valence-electron chi connectivity index (χ2n) is 7.65. The zero-order valence-corrected chi connectivity index (χ0v) is 18.6. The Morgan fingerprint density at radius 3 is 2.59 bits per heavy atom. The van der Waals surface area contributed by atoms with Crippen molar-refractivity contribution in [3.05, 3.63) is 44.8 Å². The maximum Gasteiger partial charge on any atom is 0.341 e. The number of carbonyl (C=O) groups excluding carboxylic acids is 2. The molecule has 3 rings (SSSR count). The quantitative estimate of drug-likeness (QED) is 0.633. The van der Waals surface area contributed by atoms with Crippen LogP contribution in [0.25, 0.3) is 0 Å². The number of hydrogen-bond acceptors (Lipinski definition) is 5. The summed E-state index contributed by atoms with van der Waals surface area (Å²) in [5.74, 6) is 0.446. The summed E-state index contributed by atoms with van der Waals surface area (Å²) in [4.78, 5) is 27.0. The van der Waals surface area contributed by atoms with E-state index in [-0.39, 0.29) is 17.8 Å². The Hall–Kier alpha value is -2.34. The number of aryl methyl sites for hydroxylation is 2. The van der Waals surface area contributed by atoms with E-state index < -0.39 is 0 Å². The first kappa shape index (κ1) is 21.4. The van der Waals surface area contributed by atoms with Crippen molar-refractivity contribution in [3.63, 3.8) is 0 Å². The number of benzene rings is 1. The molecule has 156 valence electrons. The van der Waals surface area contributed by atoms with Gasteiger partial charge in [-0.3, -0.25) is 4.79 Å². The van der Waals surface area contributed by atoms with Crippen LogP contribution in [0.2, 0.25) is 0 Å². The lowest BCUT2D eigenvalue weighted by Crippen LogP contribution is -2.17. The standard InChI is InChI=1S/C23H29NO4S/c1-6-28-23(26)20-15-9-7-8-10-19(15)29-22(20)24-21(25)17-12-16(13(2)3)18(27-5)11-14(17)4/h11-13H,6-10H2,1-5H3,(H,24,25). The number of thiophene rings is 1. The van der Waals surface area contributed by atoms with Gasteiger partial charge in [0.15, 0.2) is 0 Å². The van der Waals surface area contributed by atoms with E-state index in [2.05, 4.69) is 19.2 Å². The van der Waals surface area contributed by atoms with E-state index in [1.54, 1.807) is 14.0 Å². The number of anilines is 1. The summed E-state index contributed by atoms with van der Waals surface area (Å²) in [6, 6.07) is 3.79. The summed E-state index contributed by atoms with van der Waals surface area (Å²) in [5, 5.41) is 3.60. The van der Waals surface area contributed by atoms with Crippen molar-refractivity contribution in [2.75, 3.05) is 19.0 Å². The van der Waals surface area contributed by atoms with Gasteiger partial charge < -0.3 is 14.8 Å². The molecule has 6 heteroatoms. The fourth-order valence-corrected chi connectivity index (χ4v) is 5.09. The number of fused-ring (bicyclic) bond motifs is 1. The van der Waals surface area contributed by atoms with Crippen molar-refractivity contribution in [1.29, 1.82) is 0 Å². The largest absolute Gasteiger partial charge is 0.496 e. The Labute approximate surface area is 176 Å². The minimum atomic E-state index is -0.350. The highest BCUT2D eigenvalue weighted by atomic mass is 32.1. The average Bonchev–Trinajstić information content (AvgIpc) is 3.05. The molecular weight excluding hydrogens is 386 g/mol. The molecule has 1 heterocycles. The lowest BCUT2D eigenvalue weighted by Gasteiger charge is -2.16. The van der Waals surface area contributed by atoms with Crippen LogP contribution in [0.1, 0.15) is 81.8 Å². The molecule has 0 radical (unpaired) electrons. The van der Waals surface area contributed by atoms with E-state index in [0.29, 0.717) is 22.7 Å². The molecule has 0 bridgehead atoms. The molecule has 1 aromatic heterocycles. The molecule has 2 aromatic rings. The van der Waals surface area contributed by atoms with Gasteiger partial charge in [-0.15, -0.1) is 11.3 Å². The monoisotopic (exact) mass is 415 g/mol. The topological polar surface area (TPSA) is 64.6 Å². The van der Waals surface area contributed by atoms with Crippen molar-refractivity contribution in [2.24, 2.45) is 0 Å². The second kappa shape index (κ2) is 8.99. The number of carbonyl (C=O) groups is 2. The minimum absolute atomic E-state index is 0.212. The number of amides is 1. The maximum absolute atomic E-state index is 13.2. The van der Waals surface area contributed by atoms with Crippen LogP contribution in [0.5, 0.6) is 5.75 Å². The molecule has 0 atom stereocenters. The molecule has 0 spiro atoms. The van der Waals surface area contributed by atoms with E-state index in [1.165, 1.54) is 16.2 Å². The van der Waals surface area contributed by atoms with Crippen molar-refractivity contribution in [1.82, 2.24) is 0 Å². The Kier molecular flexibility index (Phi) is 6.63. The van der Waals surface area contributed by atoms with Gasteiger partial charge in [-0.1, -0.05) is 13.8 Å². The van der Waals surface area contributed by atoms with Gasteiger partial charge in [0.2, 0.25) is 0 Å². The van der Waals surface area contributed by atoms with Crippen LogP contribution in [0.15, 0.2) is 12.1 Å². The summed E-state index contributed by atoms with van der Waals surface area (Å²) in [7, 11) is 1.64. The Morgan fingerprint density at radius 2 is 1.93 bits per heavy atom. The normalized spacial score (nSPS) is 13.2. The Morgan fingerprint density at radius 1 is 1.21 bits per heavy atom. The summed E-state index contributed by atoms with van der Waals surface area (Å²) < 4.78 is 10.8. The third kappa shape index (κ3) is 4.32. The van der Waals surface area contributed by atoms with Crippen molar-refractivity contribution >= 4 is 28.2 Å². The molecule has 1 aliphatic carbocycles. The highest BCUT2D eigenvalue weighted by Crippen LogP contribution is 2.39. The van der Waals surface area contributed by atoms with Crippen molar-refractivity contribution in [2.45, 2.75) is 59.3 Å². The van der Waals surface area contributed by atoms with Gasteiger partial charge in [0.25, 0.3) is 5.91 Å². The molecule has 0 aliphatic heterocycles. The van der Waals surface area contributed by atoms with Crippen LogP contribution in [-0.4, -0.2) is 25.6 Å². The predicted octanol–water partition coefficient (Wildman–Crippen LogP) is 5.50. The van der Waals surface area contributed by atoms with Gasteiger partial charge in [0.1, 0.15) is 10.8 Å². The Bertz CT molecular complexity index is 929. The molecule has 1 aliphatic rings. The SMILES string of the molecule is CCOC(=O)c1c(NC(=O)c2cc(C(C)C)c(OC)cc2C)sc2c1CCCC2. The van der Waals surface area contributed by atoms with Crippen LogP contribution in [0, 0.1) is 6.92 Å². The van der Waals surface area contributed by atoms with E-state index in [9.17, 15) is 9.59 Å². The maximum atomic E-state index is 13.2. The lowest BCUT2D eigenvalue weighted by molar-refractivity contribution is 0.0526. The highest BCUT2D eigenvalue weighted by molar-refractivity contribution is 7.17. The van der Waals surface area contributed by atoms with E-state index in [4.69, 9.17) is 9.47 Å². The summed E-state index contributed by atoms with van der Waals surface area (Å²) >= 11 is 1.51. The number of hydrogen-bond donors (Lipinski definition) is 1. The van der Waals surface area contributed by atoms with Crippen LogP contribution in [0.4, 0.5) is 5.00 Å². The summed E-state index contributed by atoms with van der Waals surface area (Å²) in [6.45, 7) is 8.14. The first-order valence-electron chi connectivity index (χ1n) is 10.2. The summed E-state index contributed by atoms with van der Waals surface area (Å²) in [6.07, 6.45) is 3.97. The third-order valence-electron chi connectivity index (χ3n) is 5.32. The fourth-order valence-electron chi connectivity index (χ4n) is 3.81. The van der Waals surface area contributed by atoms with Gasteiger partial charge >= 0.3 is 5.97 Å². The lowest BCUT2D eigenvalue weighted by atomic mass is 9.95.